The Kier molecular flexibility index (Phi) is 5.93. The van der Waals surface area contributed by atoms with Crippen LogP contribution in [0, 0.1) is 12.7 Å². The summed E-state index contributed by atoms with van der Waals surface area (Å²) in [4.78, 5) is 11.9. The molecule has 5 heteroatoms. The average Bonchev–Trinajstić information content (AvgIpc) is 2.50. The third kappa shape index (κ3) is 4.93. The van der Waals surface area contributed by atoms with Crippen molar-refractivity contribution in [1.82, 2.24) is 4.57 Å². The Morgan fingerprint density at radius 2 is 1.96 bits per heavy atom. The van der Waals surface area contributed by atoms with Crippen molar-refractivity contribution in [3.63, 3.8) is 0 Å². The van der Waals surface area contributed by atoms with E-state index in [1.807, 2.05) is 26.8 Å². The Bertz CT molecular complexity index is 710. The van der Waals surface area contributed by atoms with Crippen molar-refractivity contribution in [2.24, 2.45) is 0 Å². The number of pyridine rings is 1. The maximum Gasteiger partial charge on any atom is 0.251 e. The predicted octanol–water partition coefficient (Wildman–Crippen LogP) is 3.47. The van der Waals surface area contributed by atoms with Crippen molar-refractivity contribution in [3.05, 3.63) is 63.8 Å². The molecular weight excluding hydrogens is 297 g/mol. The standard InChI is InChI=1S/C18H22FNO3/c1-13(2)20-7-6-15(10-18(20)21)12-22-8-9-23-17-11-16(19)5-4-14(17)3/h4-7,10-11,13H,8-9,12H2,1-3H3. The topological polar surface area (TPSA) is 40.5 Å². The zero-order valence-corrected chi connectivity index (χ0v) is 13.7. The summed E-state index contributed by atoms with van der Waals surface area (Å²) < 4.78 is 25.8. The second-order valence-electron chi connectivity index (χ2n) is 5.69. The molecule has 124 valence electrons. The first kappa shape index (κ1) is 17.2. The van der Waals surface area contributed by atoms with Gasteiger partial charge in [-0.25, -0.2) is 4.39 Å². The summed E-state index contributed by atoms with van der Waals surface area (Å²) in [6, 6.07) is 8.03. The minimum atomic E-state index is -0.322. The second-order valence-corrected chi connectivity index (χ2v) is 5.69. The van der Waals surface area contributed by atoms with E-state index < -0.39 is 0 Å². The summed E-state index contributed by atoms with van der Waals surface area (Å²) >= 11 is 0. The number of ether oxygens (including phenoxy) is 2. The summed E-state index contributed by atoms with van der Waals surface area (Å²) in [6.45, 7) is 6.82. The molecule has 0 N–H and O–H groups in total. The lowest BCUT2D eigenvalue weighted by Gasteiger charge is -2.11. The van der Waals surface area contributed by atoms with Gasteiger partial charge in [-0.15, -0.1) is 0 Å². The molecule has 1 aromatic heterocycles. The molecule has 4 nitrogen and oxygen atoms in total. The van der Waals surface area contributed by atoms with Crippen molar-refractivity contribution >= 4 is 0 Å². The molecule has 0 bridgehead atoms. The highest BCUT2D eigenvalue weighted by Gasteiger charge is 2.03. The molecule has 23 heavy (non-hydrogen) atoms. The summed E-state index contributed by atoms with van der Waals surface area (Å²) in [6.07, 6.45) is 1.78. The quantitative estimate of drug-likeness (QED) is 0.734. The fraction of sp³-hybridized carbons (Fsp3) is 0.389. The van der Waals surface area contributed by atoms with Gasteiger partial charge >= 0.3 is 0 Å². The first-order valence-electron chi connectivity index (χ1n) is 7.65. The highest BCUT2D eigenvalue weighted by atomic mass is 19.1. The maximum absolute atomic E-state index is 13.1. The maximum atomic E-state index is 13.1. The Morgan fingerprint density at radius 1 is 1.17 bits per heavy atom. The van der Waals surface area contributed by atoms with E-state index in [1.54, 1.807) is 22.9 Å². The fourth-order valence-corrected chi connectivity index (χ4v) is 2.18. The molecule has 2 aromatic rings. The molecule has 2 rings (SSSR count). The van der Waals surface area contributed by atoms with Gasteiger partial charge in [0, 0.05) is 24.4 Å². The molecule has 0 aliphatic rings. The van der Waals surface area contributed by atoms with Gasteiger partial charge in [-0.1, -0.05) is 6.07 Å². The van der Waals surface area contributed by atoms with Gasteiger partial charge < -0.3 is 14.0 Å². The smallest absolute Gasteiger partial charge is 0.251 e. The average molecular weight is 319 g/mol. The number of benzene rings is 1. The molecule has 0 saturated heterocycles. The molecule has 0 atom stereocenters. The van der Waals surface area contributed by atoms with Gasteiger partial charge in [0.15, 0.2) is 0 Å². The minimum absolute atomic E-state index is 0.0345. The lowest BCUT2D eigenvalue weighted by Crippen LogP contribution is -2.21. The number of hydrogen-bond acceptors (Lipinski definition) is 3. The second kappa shape index (κ2) is 7.92. The van der Waals surface area contributed by atoms with E-state index in [2.05, 4.69) is 0 Å². The lowest BCUT2D eigenvalue weighted by molar-refractivity contribution is 0.0884. The minimum Gasteiger partial charge on any atom is -0.491 e. The van der Waals surface area contributed by atoms with E-state index in [0.717, 1.165) is 11.1 Å². The number of halogens is 1. The summed E-state index contributed by atoms with van der Waals surface area (Å²) in [7, 11) is 0. The van der Waals surface area contributed by atoms with Crippen LogP contribution in [0.3, 0.4) is 0 Å². The first-order valence-corrected chi connectivity index (χ1v) is 7.65. The van der Waals surface area contributed by atoms with E-state index in [4.69, 9.17) is 9.47 Å². The van der Waals surface area contributed by atoms with E-state index in [-0.39, 0.29) is 17.4 Å². The number of aromatic nitrogens is 1. The molecule has 1 heterocycles. The molecule has 1 aromatic carbocycles. The van der Waals surface area contributed by atoms with Crippen molar-refractivity contribution in [3.8, 4) is 5.75 Å². The Labute approximate surface area is 135 Å². The molecule has 0 aliphatic heterocycles. The SMILES string of the molecule is Cc1ccc(F)cc1OCCOCc1ccn(C(C)C)c(=O)c1. The number of rotatable bonds is 7. The Balaban J connectivity index is 1.78. The van der Waals surface area contributed by atoms with E-state index >= 15 is 0 Å². The molecule has 0 fully saturated rings. The monoisotopic (exact) mass is 319 g/mol. The van der Waals surface area contributed by atoms with Crippen LogP contribution in [0.4, 0.5) is 4.39 Å². The van der Waals surface area contributed by atoms with Crippen LogP contribution in [0.25, 0.3) is 0 Å². The van der Waals surface area contributed by atoms with Gasteiger partial charge in [0.1, 0.15) is 18.2 Å². The highest BCUT2D eigenvalue weighted by Crippen LogP contribution is 2.18. The zero-order valence-electron chi connectivity index (χ0n) is 13.7. The molecule has 0 spiro atoms. The number of hydrogen-bond donors (Lipinski definition) is 0. The molecule has 0 radical (unpaired) electrons. The van der Waals surface area contributed by atoms with Crippen LogP contribution < -0.4 is 10.3 Å². The van der Waals surface area contributed by atoms with Crippen LogP contribution in [0.15, 0.2) is 41.3 Å². The zero-order chi connectivity index (χ0) is 16.8. The number of aryl methyl sites for hydroxylation is 1. The van der Waals surface area contributed by atoms with Crippen LogP contribution in [0.5, 0.6) is 5.75 Å². The van der Waals surface area contributed by atoms with Crippen molar-refractivity contribution < 1.29 is 13.9 Å². The van der Waals surface area contributed by atoms with E-state index in [1.165, 1.54) is 12.1 Å². The molecular formula is C18H22FNO3. The molecule has 0 saturated carbocycles. The summed E-state index contributed by atoms with van der Waals surface area (Å²) in [5.74, 6) is 0.199. The van der Waals surface area contributed by atoms with Gasteiger partial charge in [-0.2, -0.15) is 0 Å². The first-order chi connectivity index (χ1) is 11.0. The summed E-state index contributed by atoms with van der Waals surface area (Å²) in [5.41, 5.74) is 1.67. The van der Waals surface area contributed by atoms with Gasteiger partial charge in [-0.3, -0.25) is 4.79 Å². The molecule has 0 unspecified atom stereocenters. The van der Waals surface area contributed by atoms with Crippen molar-refractivity contribution in [1.29, 1.82) is 0 Å². The van der Waals surface area contributed by atoms with E-state index in [9.17, 15) is 9.18 Å². The fourth-order valence-electron chi connectivity index (χ4n) is 2.18. The van der Waals surface area contributed by atoms with Crippen molar-refractivity contribution in [2.75, 3.05) is 13.2 Å². The van der Waals surface area contributed by atoms with Crippen LogP contribution >= 0.6 is 0 Å². The highest BCUT2D eigenvalue weighted by molar-refractivity contribution is 5.32. The van der Waals surface area contributed by atoms with Crippen LogP contribution in [0.2, 0.25) is 0 Å². The Morgan fingerprint density at radius 3 is 2.65 bits per heavy atom. The van der Waals surface area contributed by atoms with Crippen LogP contribution in [-0.2, 0) is 11.3 Å². The third-order valence-corrected chi connectivity index (χ3v) is 3.47. The normalized spacial score (nSPS) is 11.0. The molecule has 0 amide bonds. The lowest BCUT2D eigenvalue weighted by atomic mass is 10.2. The largest absolute Gasteiger partial charge is 0.491 e. The Hall–Kier alpha value is -2.14. The van der Waals surface area contributed by atoms with Crippen molar-refractivity contribution in [2.45, 2.75) is 33.4 Å². The van der Waals surface area contributed by atoms with E-state index in [0.29, 0.717) is 25.6 Å². The number of nitrogens with zero attached hydrogens (tertiary/aromatic N) is 1. The van der Waals surface area contributed by atoms with Gasteiger partial charge in [-0.05, 0) is 44.0 Å². The van der Waals surface area contributed by atoms with Gasteiger partial charge in [0.25, 0.3) is 5.56 Å². The summed E-state index contributed by atoms with van der Waals surface area (Å²) in [5, 5.41) is 0. The van der Waals surface area contributed by atoms with Crippen LogP contribution in [0.1, 0.15) is 31.0 Å². The molecule has 0 aliphatic carbocycles. The van der Waals surface area contributed by atoms with Gasteiger partial charge in [0.2, 0.25) is 0 Å². The van der Waals surface area contributed by atoms with Gasteiger partial charge in [0.05, 0.1) is 13.2 Å². The predicted molar refractivity (Wildman–Crippen MR) is 87.4 cm³/mol. The third-order valence-electron chi connectivity index (χ3n) is 3.47. The van der Waals surface area contributed by atoms with Crippen LogP contribution in [-0.4, -0.2) is 17.8 Å².